The summed E-state index contributed by atoms with van der Waals surface area (Å²) in [4.78, 5) is 2.76. The zero-order valence-electron chi connectivity index (χ0n) is 9.40. The molecule has 1 heteroatoms. The van der Waals surface area contributed by atoms with E-state index in [1.54, 1.807) is 0 Å². The van der Waals surface area contributed by atoms with Gasteiger partial charge in [0.2, 0.25) is 0 Å². The van der Waals surface area contributed by atoms with Crippen molar-refractivity contribution in [1.29, 1.82) is 0 Å². The summed E-state index contributed by atoms with van der Waals surface area (Å²) in [5.74, 6) is 0. The van der Waals surface area contributed by atoms with Gasteiger partial charge in [-0.15, -0.1) is 0 Å². The Morgan fingerprint density at radius 1 is 1.08 bits per heavy atom. The highest BCUT2D eigenvalue weighted by Crippen LogP contribution is 2.45. The molecule has 0 aromatic rings. The van der Waals surface area contributed by atoms with Crippen LogP contribution in [0.5, 0.6) is 0 Å². The fourth-order valence-corrected chi connectivity index (χ4v) is 3.50. The van der Waals surface area contributed by atoms with Crippen molar-refractivity contribution in [1.82, 2.24) is 4.90 Å². The Morgan fingerprint density at radius 3 is 2.08 bits per heavy atom. The lowest BCUT2D eigenvalue weighted by molar-refractivity contribution is 0.130. The fourth-order valence-electron chi connectivity index (χ4n) is 3.50. The average molecular weight is 181 g/mol. The van der Waals surface area contributed by atoms with Crippen molar-refractivity contribution in [2.75, 3.05) is 13.1 Å². The topological polar surface area (TPSA) is 3.24 Å². The van der Waals surface area contributed by atoms with Crippen molar-refractivity contribution in [3.05, 3.63) is 0 Å². The van der Waals surface area contributed by atoms with Crippen LogP contribution in [-0.4, -0.2) is 23.5 Å². The zero-order valence-corrected chi connectivity index (χ0v) is 9.40. The molecule has 0 aromatic carbocycles. The van der Waals surface area contributed by atoms with Crippen molar-refractivity contribution in [3.8, 4) is 0 Å². The Hall–Kier alpha value is -0.0400. The second kappa shape index (κ2) is 2.98. The van der Waals surface area contributed by atoms with Crippen LogP contribution in [0.2, 0.25) is 0 Å². The largest absolute Gasteiger partial charge is 0.298 e. The van der Waals surface area contributed by atoms with E-state index in [0.29, 0.717) is 11.0 Å². The average Bonchev–Trinajstić information content (AvgIpc) is 2.40. The maximum atomic E-state index is 2.76. The van der Waals surface area contributed by atoms with Crippen LogP contribution in [0.3, 0.4) is 0 Å². The Morgan fingerprint density at radius 2 is 1.62 bits per heavy atom. The van der Waals surface area contributed by atoms with Gasteiger partial charge in [-0.3, -0.25) is 4.90 Å². The lowest BCUT2D eigenvalue weighted by Gasteiger charge is -2.37. The molecule has 0 atom stereocenters. The van der Waals surface area contributed by atoms with Crippen LogP contribution in [0.25, 0.3) is 0 Å². The molecule has 76 valence electrons. The van der Waals surface area contributed by atoms with Gasteiger partial charge in [0.05, 0.1) is 0 Å². The van der Waals surface area contributed by atoms with Crippen LogP contribution in [0.15, 0.2) is 0 Å². The smallest absolute Gasteiger partial charge is 0.0215 e. The number of fused-ring (bicyclic) bond motifs is 1. The normalized spacial score (nSPS) is 27.9. The molecule has 2 aliphatic rings. The molecular formula is C12H23N. The highest BCUT2D eigenvalue weighted by atomic mass is 15.2. The summed E-state index contributed by atoms with van der Waals surface area (Å²) in [6, 6.07) is 0. The number of nitrogens with zero attached hydrogens (tertiary/aromatic N) is 1. The second-order valence-corrected chi connectivity index (χ2v) is 6.16. The number of rotatable bonds is 1. The fraction of sp³-hybridized carbons (Fsp3) is 1.00. The van der Waals surface area contributed by atoms with Crippen LogP contribution in [0, 0.1) is 5.41 Å². The molecule has 0 unspecified atom stereocenters. The van der Waals surface area contributed by atoms with E-state index in [1.165, 1.54) is 45.2 Å². The highest BCUT2D eigenvalue weighted by molar-refractivity contribution is 5.01. The maximum absolute atomic E-state index is 2.76. The Bertz CT molecular complexity index is 180. The Kier molecular flexibility index (Phi) is 2.18. The molecule has 1 nitrogen and oxygen atoms in total. The third-order valence-electron chi connectivity index (χ3n) is 3.67. The zero-order chi connectivity index (χ0) is 9.53. The summed E-state index contributed by atoms with van der Waals surface area (Å²) in [6.07, 6.45) is 7.21. The monoisotopic (exact) mass is 181 g/mol. The van der Waals surface area contributed by atoms with Gasteiger partial charge in [-0.2, -0.15) is 0 Å². The third kappa shape index (κ3) is 1.76. The minimum absolute atomic E-state index is 0.507. The van der Waals surface area contributed by atoms with Crippen LogP contribution in [0.4, 0.5) is 0 Å². The molecule has 0 aliphatic carbocycles. The molecule has 0 spiro atoms. The highest BCUT2D eigenvalue weighted by Gasteiger charge is 2.45. The first kappa shape index (κ1) is 9.51. The predicted octanol–water partition coefficient (Wildman–Crippen LogP) is 3.05. The van der Waals surface area contributed by atoms with E-state index in [1.807, 2.05) is 0 Å². The Labute approximate surface area is 82.5 Å². The summed E-state index contributed by atoms with van der Waals surface area (Å²) in [5.41, 5.74) is 1.13. The van der Waals surface area contributed by atoms with Gasteiger partial charge >= 0.3 is 0 Å². The van der Waals surface area contributed by atoms with Crippen LogP contribution < -0.4 is 0 Å². The number of hydrogen-bond acceptors (Lipinski definition) is 1. The molecular weight excluding hydrogens is 158 g/mol. The molecule has 0 saturated carbocycles. The summed E-state index contributed by atoms with van der Waals surface area (Å²) < 4.78 is 0. The molecule has 13 heavy (non-hydrogen) atoms. The molecule has 2 heterocycles. The lowest BCUT2D eigenvalue weighted by atomic mass is 9.77. The quantitative estimate of drug-likeness (QED) is 0.601. The second-order valence-electron chi connectivity index (χ2n) is 6.16. The minimum atomic E-state index is 0.507. The van der Waals surface area contributed by atoms with E-state index in [-0.39, 0.29) is 0 Å². The van der Waals surface area contributed by atoms with Crippen LogP contribution in [-0.2, 0) is 0 Å². The van der Waals surface area contributed by atoms with Crippen molar-refractivity contribution in [2.24, 2.45) is 5.41 Å². The van der Waals surface area contributed by atoms with E-state index < -0.39 is 0 Å². The molecule has 0 radical (unpaired) electrons. The van der Waals surface area contributed by atoms with Gasteiger partial charge in [0.1, 0.15) is 0 Å². The van der Waals surface area contributed by atoms with Gasteiger partial charge in [-0.05, 0) is 50.6 Å². The lowest BCUT2D eigenvalue weighted by Crippen LogP contribution is -2.41. The predicted molar refractivity (Wildman–Crippen MR) is 56.8 cm³/mol. The molecule has 0 N–H and O–H groups in total. The molecule has 0 bridgehead atoms. The van der Waals surface area contributed by atoms with Crippen molar-refractivity contribution in [3.63, 3.8) is 0 Å². The first-order valence-electron chi connectivity index (χ1n) is 5.77. The first-order chi connectivity index (χ1) is 6.02. The molecule has 2 rings (SSSR count). The third-order valence-corrected chi connectivity index (χ3v) is 3.67. The van der Waals surface area contributed by atoms with E-state index in [0.717, 1.165) is 0 Å². The van der Waals surface area contributed by atoms with Gasteiger partial charge in [-0.25, -0.2) is 0 Å². The number of hydrogen-bond donors (Lipinski definition) is 0. The summed E-state index contributed by atoms with van der Waals surface area (Å²) in [7, 11) is 0. The summed E-state index contributed by atoms with van der Waals surface area (Å²) >= 11 is 0. The van der Waals surface area contributed by atoms with Crippen molar-refractivity contribution < 1.29 is 0 Å². The minimum Gasteiger partial charge on any atom is -0.298 e. The van der Waals surface area contributed by atoms with Gasteiger partial charge in [0, 0.05) is 5.54 Å². The van der Waals surface area contributed by atoms with Crippen LogP contribution in [0.1, 0.15) is 52.9 Å². The van der Waals surface area contributed by atoms with Crippen molar-refractivity contribution in [2.45, 2.75) is 58.4 Å². The standard InChI is InChI=1S/C12H23N/c1-11(2,3)10-12-6-4-8-13(12)9-5-7-12/h4-10H2,1-3H3. The van der Waals surface area contributed by atoms with E-state index in [4.69, 9.17) is 0 Å². The first-order valence-corrected chi connectivity index (χ1v) is 5.77. The van der Waals surface area contributed by atoms with Gasteiger partial charge < -0.3 is 0 Å². The van der Waals surface area contributed by atoms with Gasteiger partial charge in [0.25, 0.3) is 0 Å². The SMILES string of the molecule is CC(C)(C)CC12CCCN1CCC2. The van der Waals surface area contributed by atoms with Gasteiger partial charge in [0.15, 0.2) is 0 Å². The van der Waals surface area contributed by atoms with E-state index in [9.17, 15) is 0 Å². The van der Waals surface area contributed by atoms with Gasteiger partial charge in [-0.1, -0.05) is 20.8 Å². The maximum Gasteiger partial charge on any atom is 0.0215 e. The molecule has 2 fully saturated rings. The molecule has 0 amide bonds. The molecule has 2 aliphatic heterocycles. The van der Waals surface area contributed by atoms with Crippen LogP contribution >= 0.6 is 0 Å². The molecule has 0 aromatic heterocycles. The Balaban J connectivity index is 2.09. The van der Waals surface area contributed by atoms with Crippen molar-refractivity contribution >= 4 is 0 Å². The van der Waals surface area contributed by atoms with E-state index >= 15 is 0 Å². The summed E-state index contributed by atoms with van der Waals surface area (Å²) in [6.45, 7) is 9.90. The summed E-state index contributed by atoms with van der Waals surface area (Å²) in [5, 5.41) is 0. The molecule has 2 saturated heterocycles. The van der Waals surface area contributed by atoms with E-state index in [2.05, 4.69) is 25.7 Å².